The molecule has 0 unspecified atom stereocenters. The van der Waals surface area contributed by atoms with E-state index in [9.17, 15) is 17.6 Å². The molecule has 88 valence electrons. The van der Waals surface area contributed by atoms with Crippen LogP contribution in [0.4, 0.5) is 4.39 Å². The van der Waals surface area contributed by atoms with E-state index in [2.05, 4.69) is 4.74 Å². The monoisotopic (exact) mass is 266 g/mol. The zero-order valence-electron chi connectivity index (χ0n) is 8.24. The summed E-state index contributed by atoms with van der Waals surface area (Å²) in [5, 5.41) is 0. The molecule has 7 heteroatoms. The highest BCUT2D eigenvalue weighted by Gasteiger charge is 2.14. The molecular formula is C9H8ClFO4S. The summed E-state index contributed by atoms with van der Waals surface area (Å²) in [4.78, 5) is 11.0. The minimum Gasteiger partial charge on any atom is -0.465 e. The van der Waals surface area contributed by atoms with Crippen molar-refractivity contribution >= 4 is 25.7 Å². The highest BCUT2D eigenvalue weighted by molar-refractivity contribution is 8.13. The Labute approximate surface area is 96.4 Å². The third-order valence-electron chi connectivity index (χ3n) is 1.78. The van der Waals surface area contributed by atoms with Gasteiger partial charge in [0.25, 0.3) is 0 Å². The number of carbonyl (C=O) groups excluding carboxylic acids is 1. The third-order valence-corrected chi connectivity index (χ3v) is 2.78. The minimum absolute atomic E-state index is 0.167. The standard InChI is InChI=1S/C9H8ClFO4S/c1-15-9(12)7-3-2-6(4-8(7)11)5-16(10,13)14/h2-4H,5H2,1H3. The Bertz CT molecular complexity index is 512. The van der Waals surface area contributed by atoms with Crippen LogP contribution in [-0.4, -0.2) is 21.5 Å². The summed E-state index contributed by atoms with van der Waals surface area (Å²) < 4.78 is 39.1. The lowest BCUT2D eigenvalue weighted by atomic mass is 10.1. The van der Waals surface area contributed by atoms with Gasteiger partial charge in [-0.2, -0.15) is 0 Å². The first-order chi connectivity index (χ1) is 7.33. The van der Waals surface area contributed by atoms with Crippen LogP contribution >= 0.6 is 10.7 Å². The summed E-state index contributed by atoms with van der Waals surface area (Å²) in [5.41, 5.74) is -0.0848. The van der Waals surface area contributed by atoms with Crippen molar-refractivity contribution < 1.29 is 22.3 Å². The van der Waals surface area contributed by atoms with Gasteiger partial charge in [0.2, 0.25) is 9.05 Å². The number of carbonyl (C=O) groups is 1. The maximum Gasteiger partial charge on any atom is 0.340 e. The molecule has 0 fully saturated rings. The van der Waals surface area contributed by atoms with Gasteiger partial charge in [-0.05, 0) is 17.7 Å². The topological polar surface area (TPSA) is 60.4 Å². The number of esters is 1. The smallest absolute Gasteiger partial charge is 0.340 e. The molecule has 0 aliphatic carbocycles. The molecule has 0 amide bonds. The Hall–Kier alpha value is -1.14. The normalized spacial score (nSPS) is 11.2. The quantitative estimate of drug-likeness (QED) is 0.617. The minimum atomic E-state index is -3.74. The summed E-state index contributed by atoms with van der Waals surface area (Å²) in [6, 6.07) is 3.39. The van der Waals surface area contributed by atoms with Crippen LogP contribution in [-0.2, 0) is 19.5 Å². The van der Waals surface area contributed by atoms with Crippen molar-refractivity contribution in [2.24, 2.45) is 0 Å². The second kappa shape index (κ2) is 4.80. The number of hydrogen-bond donors (Lipinski definition) is 0. The molecule has 4 nitrogen and oxygen atoms in total. The van der Waals surface area contributed by atoms with Crippen molar-refractivity contribution in [1.29, 1.82) is 0 Å². The van der Waals surface area contributed by atoms with Crippen LogP contribution in [0.3, 0.4) is 0 Å². The van der Waals surface area contributed by atoms with Gasteiger partial charge < -0.3 is 4.74 Å². The van der Waals surface area contributed by atoms with Gasteiger partial charge in [0, 0.05) is 10.7 Å². The summed E-state index contributed by atoms with van der Waals surface area (Å²) in [6.07, 6.45) is 0. The van der Waals surface area contributed by atoms with Crippen LogP contribution in [0, 0.1) is 5.82 Å². The second-order valence-corrected chi connectivity index (χ2v) is 5.77. The van der Waals surface area contributed by atoms with Crippen LogP contribution < -0.4 is 0 Å². The molecular weight excluding hydrogens is 259 g/mol. The second-order valence-electron chi connectivity index (χ2n) is 2.99. The molecule has 1 aromatic rings. The Morgan fingerprint density at radius 1 is 1.50 bits per heavy atom. The molecule has 0 radical (unpaired) electrons. The maximum atomic E-state index is 13.3. The zero-order chi connectivity index (χ0) is 12.3. The number of halogens is 2. The van der Waals surface area contributed by atoms with E-state index < -0.39 is 26.6 Å². The van der Waals surface area contributed by atoms with Crippen LogP contribution in [0.1, 0.15) is 15.9 Å². The highest BCUT2D eigenvalue weighted by atomic mass is 35.7. The number of benzene rings is 1. The van der Waals surface area contributed by atoms with Gasteiger partial charge in [-0.3, -0.25) is 0 Å². The molecule has 0 bridgehead atoms. The average molecular weight is 267 g/mol. The van der Waals surface area contributed by atoms with Gasteiger partial charge >= 0.3 is 5.97 Å². The molecule has 1 aromatic carbocycles. The molecule has 16 heavy (non-hydrogen) atoms. The lowest BCUT2D eigenvalue weighted by Crippen LogP contribution is -2.05. The van der Waals surface area contributed by atoms with Crippen molar-refractivity contribution in [2.75, 3.05) is 7.11 Å². The highest BCUT2D eigenvalue weighted by Crippen LogP contribution is 2.15. The third kappa shape index (κ3) is 3.46. The summed E-state index contributed by atoms with van der Waals surface area (Å²) in [5.74, 6) is -2.16. The Morgan fingerprint density at radius 2 is 2.12 bits per heavy atom. The fourth-order valence-electron chi connectivity index (χ4n) is 1.12. The lowest BCUT2D eigenvalue weighted by molar-refractivity contribution is 0.0595. The van der Waals surface area contributed by atoms with E-state index in [1.807, 2.05) is 0 Å². The molecule has 0 aromatic heterocycles. The van der Waals surface area contributed by atoms with E-state index in [0.717, 1.165) is 19.2 Å². The van der Waals surface area contributed by atoms with Gasteiger partial charge in [0.15, 0.2) is 0 Å². The summed E-state index contributed by atoms with van der Waals surface area (Å²) in [6.45, 7) is 0. The average Bonchev–Trinajstić information content (AvgIpc) is 2.14. The summed E-state index contributed by atoms with van der Waals surface area (Å²) >= 11 is 0. The fourth-order valence-corrected chi connectivity index (χ4v) is 2.08. The predicted octanol–water partition coefficient (Wildman–Crippen LogP) is 1.68. The molecule has 1 rings (SSSR count). The van der Waals surface area contributed by atoms with E-state index in [1.165, 1.54) is 6.07 Å². The van der Waals surface area contributed by atoms with Crippen molar-refractivity contribution in [2.45, 2.75) is 5.75 Å². The number of rotatable bonds is 3. The van der Waals surface area contributed by atoms with Crippen LogP contribution in [0.2, 0.25) is 0 Å². The SMILES string of the molecule is COC(=O)c1ccc(CS(=O)(=O)Cl)cc1F. The zero-order valence-corrected chi connectivity index (χ0v) is 9.81. The van der Waals surface area contributed by atoms with Gasteiger partial charge in [0.05, 0.1) is 18.4 Å². The summed E-state index contributed by atoms with van der Waals surface area (Å²) in [7, 11) is 2.39. The first kappa shape index (κ1) is 12.9. The van der Waals surface area contributed by atoms with Crippen LogP contribution in [0.15, 0.2) is 18.2 Å². The lowest BCUT2D eigenvalue weighted by Gasteiger charge is -2.03. The number of hydrogen-bond acceptors (Lipinski definition) is 4. The fraction of sp³-hybridized carbons (Fsp3) is 0.222. The first-order valence-corrected chi connectivity index (χ1v) is 6.60. The molecule has 0 N–H and O–H groups in total. The van der Waals surface area contributed by atoms with Gasteiger partial charge in [-0.1, -0.05) is 6.07 Å². The van der Waals surface area contributed by atoms with Crippen LogP contribution in [0.25, 0.3) is 0 Å². The molecule has 0 aliphatic heterocycles. The van der Waals surface area contributed by atoms with Crippen molar-refractivity contribution in [3.63, 3.8) is 0 Å². The molecule has 0 aliphatic rings. The number of methoxy groups -OCH3 is 1. The number of ether oxygens (including phenoxy) is 1. The van der Waals surface area contributed by atoms with Crippen molar-refractivity contribution in [3.8, 4) is 0 Å². The predicted molar refractivity (Wildman–Crippen MR) is 56.2 cm³/mol. The first-order valence-electron chi connectivity index (χ1n) is 4.12. The van der Waals surface area contributed by atoms with Gasteiger partial charge in [-0.25, -0.2) is 17.6 Å². The van der Waals surface area contributed by atoms with E-state index >= 15 is 0 Å². The van der Waals surface area contributed by atoms with Gasteiger partial charge in [-0.15, -0.1) is 0 Å². The van der Waals surface area contributed by atoms with E-state index in [1.54, 1.807) is 0 Å². The van der Waals surface area contributed by atoms with Crippen molar-refractivity contribution in [1.82, 2.24) is 0 Å². The Morgan fingerprint density at radius 3 is 2.56 bits per heavy atom. The van der Waals surface area contributed by atoms with Crippen molar-refractivity contribution in [3.05, 3.63) is 35.1 Å². The molecule has 0 heterocycles. The van der Waals surface area contributed by atoms with E-state index in [0.29, 0.717) is 0 Å². The molecule has 0 atom stereocenters. The van der Waals surface area contributed by atoms with Crippen LogP contribution in [0.5, 0.6) is 0 Å². The Kier molecular flexibility index (Phi) is 3.88. The van der Waals surface area contributed by atoms with E-state index in [4.69, 9.17) is 10.7 Å². The van der Waals surface area contributed by atoms with Gasteiger partial charge in [0.1, 0.15) is 5.82 Å². The maximum absolute atomic E-state index is 13.3. The molecule has 0 saturated carbocycles. The van der Waals surface area contributed by atoms with E-state index in [-0.39, 0.29) is 11.1 Å². The molecule has 0 saturated heterocycles. The Balaban J connectivity index is 3.05. The largest absolute Gasteiger partial charge is 0.465 e. The molecule has 0 spiro atoms.